The molecule has 0 radical (unpaired) electrons. The van der Waals surface area contributed by atoms with Gasteiger partial charge < -0.3 is 10.6 Å². The van der Waals surface area contributed by atoms with Crippen molar-refractivity contribution in [3.63, 3.8) is 0 Å². The molecule has 1 aromatic heterocycles. The summed E-state index contributed by atoms with van der Waals surface area (Å²) in [6.45, 7) is 2.04. The minimum atomic E-state index is 0.394. The van der Waals surface area contributed by atoms with E-state index in [-0.39, 0.29) is 0 Å². The molecule has 0 atom stereocenters. The lowest BCUT2D eigenvalue weighted by atomic mass is 10.1. The van der Waals surface area contributed by atoms with Crippen LogP contribution < -0.4 is 10.6 Å². The number of aromatic nitrogens is 1. The molecule has 18 heavy (non-hydrogen) atoms. The topological polar surface area (TPSA) is 42.2 Å². The molecular formula is C14H15N3S. The molecule has 0 saturated heterocycles. The Bertz CT molecular complexity index is 581. The third-order valence-corrected chi connectivity index (χ3v) is 3.00. The molecule has 2 N–H and O–H groups in total. The maximum Gasteiger partial charge on any atom is 0.132 e. The molecule has 2 rings (SSSR count). The highest BCUT2D eigenvalue weighted by Crippen LogP contribution is 2.25. The minimum absolute atomic E-state index is 0.394. The number of para-hydroxylation sites is 1. The predicted octanol–water partition coefficient (Wildman–Crippen LogP) is 2.79. The van der Waals surface area contributed by atoms with Crippen LogP contribution in [0.15, 0.2) is 42.6 Å². The van der Waals surface area contributed by atoms with E-state index in [0.29, 0.717) is 4.99 Å². The van der Waals surface area contributed by atoms with Gasteiger partial charge in [0.1, 0.15) is 10.8 Å². The molecule has 2 aromatic rings. The van der Waals surface area contributed by atoms with Crippen molar-refractivity contribution in [3.05, 3.63) is 53.7 Å². The zero-order valence-corrected chi connectivity index (χ0v) is 11.2. The third-order valence-electron chi connectivity index (χ3n) is 2.78. The van der Waals surface area contributed by atoms with Crippen molar-refractivity contribution in [3.8, 4) is 0 Å². The Balaban J connectivity index is 2.46. The summed E-state index contributed by atoms with van der Waals surface area (Å²) in [5.74, 6) is 0.874. The monoisotopic (exact) mass is 257 g/mol. The molecule has 0 aliphatic rings. The van der Waals surface area contributed by atoms with Crippen molar-refractivity contribution in [2.24, 2.45) is 5.73 Å². The van der Waals surface area contributed by atoms with Crippen LogP contribution in [-0.4, -0.2) is 17.0 Å². The van der Waals surface area contributed by atoms with Gasteiger partial charge in [-0.1, -0.05) is 24.4 Å². The van der Waals surface area contributed by atoms with Gasteiger partial charge in [0.2, 0.25) is 0 Å². The van der Waals surface area contributed by atoms with Crippen molar-refractivity contribution in [2.75, 3.05) is 11.9 Å². The van der Waals surface area contributed by atoms with Crippen LogP contribution in [0.4, 0.5) is 11.5 Å². The standard InChI is InChI=1S/C14H15N3S/c1-10-7-8-16-13(9-10)17(2)12-6-4-3-5-11(12)14(15)18/h3-9H,1-2H3,(H2,15,18). The lowest BCUT2D eigenvalue weighted by Gasteiger charge is -2.21. The maximum absolute atomic E-state index is 5.74. The molecule has 0 aliphatic carbocycles. The summed E-state index contributed by atoms with van der Waals surface area (Å²) in [7, 11) is 1.96. The normalized spacial score (nSPS) is 10.1. The molecule has 0 unspecified atom stereocenters. The summed E-state index contributed by atoms with van der Waals surface area (Å²) < 4.78 is 0. The zero-order chi connectivity index (χ0) is 13.1. The summed E-state index contributed by atoms with van der Waals surface area (Å²) >= 11 is 5.08. The van der Waals surface area contributed by atoms with Crippen LogP contribution in [0.3, 0.4) is 0 Å². The molecule has 0 bridgehead atoms. The summed E-state index contributed by atoms with van der Waals surface area (Å²) in [6.07, 6.45) is 1.80. The second kappa shape index (κ2) is 5.14. The molecule has 0 spiro atoms. The van der Waals surface area contributed by atoms with Gasteiger partial charge in [-0.15, -0.1) is 0 Å². The van der Waals surface area contributed by atoms with E-state index in [9.17, 15) is 0 Å². The summed E-state index contributed by atoms with van der Waals surface area (Å²) in [6, 6.07) is 11.8. The van der Waals surface area contributed by atoms with Gasteiger partial charge in [0.15, 0.2) is 0 Å². The molecule has 0 fully saturated rings. The van der Waals surface area contributed by atoms with Crippen LogP contribution in [0.25, 0.3) is 0 Å². The van der Waals surface area contributed by atoms with E-state index in [1.807, 2.05) is 55.3 Å². The summed E-state index contributed by atoms with van der Waals surface area (Å²) in [5, 5.41) is 0. The molecule has 3 nitrogen and oxygen atoms in total. The SMILES string of the molecule is Cc1ccnc(N(C)c2ccccc2C(N)=S)c1. The number of thiocarbonyl (C=S) groups is 1. The van der Waals surface area contributed by atoms with Crippen LogP contribution in [0, 0.1) is 6.92 Å². The van der Waals surface area contributed by atoms with Crippen LogP contribution in [0.2, 0.25) is 0 Å². The first-order valence-corrected chi connectivity index (χ1v) is 6.05. The van der Waals surface area contributed by atoms with Crippen LogP contribution in [0.5, 0.6) is 0 Å². The van der Waals surface area contributed by atoms with Gasteiger partial charge in [0.25, 0.3) is 0 Å². The average Bonchev–Trinajstić information content (AvgIpc) is 2.38. The van der Waals surface area contributed by atoms with Gasteiger partial charge in [-0.05, 0) is 36.8 Å². The fourth-order valence-electron chi connectivity index (χ4n) is 1.80. The van der Waals surface area contributed by atoms with E-state index in [2.05, 4.69) is 4.98 Å². The highest BCUT2D eigenvalue weighted by atomic mass is 32.1. The molecule has 1 heterocycles. The Morgan fingerprint density at radius 1 is 1.28 bits per heavy atom. The largest absolute Gasteiger partial charge is 0.389 e. The number of anilines is 2. The number of nitrogens with two attached hydrogens (primary N) is 1. The second-order valence-electron chi connectivity index (χ2n) is 4.13. The molecule has 1 aromatic carbocycles. The fraction of sp³-hybridized carbons (Fsp3) is 0.143. The Labute approximate surface area is 112 Å². The Morgan fingerprint density at radius 3 is 2.67 bits per heavy atom. The zero-order valence-electron chi connectivity index (χ0n) is 10.4. The Morgan fingerprint density at radius 2 is 2.00 bits per heavy atom. The number of rotatable bonds is 3. The van der Waals surface area contributed by atoms with Crippen molar-refractivity contribution in [2.45, 2.75) is 6.92 Å². The van der Waals surface area contributed by atoms with Crippen molar-refractivity contribution in [1.29, 1.82) is 0 Å². The first-order chi connectivity index (χ1) is 8.59. The number of benzene rings is 1. The number of hydrogen-bond acceptors (Lipinski definition) is 3. The van der Waals surface area contributed by atoms with Gasteiger partial charge >= 0.3 is 0 Å². The van der Waals surface area contributed by atoms with E-state index >= 15 is 0 Å². The minimum Gasteiger partial charge on any atom is -0.389 e. The molecule has 0 aliphatic heterocycles. The number of pyridine rings is 1. The van der Waals surface area contributed by atoms with Gasteiger partial charge in [-0.3, -0.25) is 0 Å². The highest BCUT2D eigenvalue weighted by Gasteiger charge is 2.11. The van der Waals surface area contributed by atoms with Gasteiger partial charge in [-0.2, -0.15) is 0 Å². The van der Waals surface area contributed by atoms with Gasteiger partial charge in [0, 0.05) is 18.8 Å². The quantitative estimate of drug-likeness (QED) is 0.859. The van der Waals surface area contributed by atoms with Gasteiger partial charge in [-0.25, -0.2) is 4.98 Å². The number of aryl methyl sites for hydroxylation is 1. The van der Waals surface area contributed by atoms with Crippen molar-refractivity contribution in [1.82, 2.24) is 4.98 Å². The van der Waals surface area contributed by atoms with E-state index in [1.54, 1.807) is 6.20 Å². The van der Waals surface area contributed by atoms with Crippen molar-refractivity contribution < 1.29 is 0 Å². The van der Waals surface area contributed by atoms with E-state index < -0.39 is 0 Å². The Hall–Kier alpha value is -1.94. The average molecular weight is 257 g/mol. The summed E-state index contributed by atoms with van der Waals surface area (Å²) in [5.41, 5.74) is 8.73. The third kappa shape index (κ3) is 2.49. The first kappa shape index (κ1) is 12.5. The first-order valence-electron chi connectivity index (χ1n) is 5.65. The smallest absolute Gasteiger partial charge is 0.132 e. The molecule has 92 valence electrons. The van der Waals surface area contributed by atoms with Crippen LogP contribution in [0.1, 0.15) is 11.1 Å². The lowest BCUT2D eigenvalue weighted by molar-refractivity contribution is 1.11. The van der Waals surface area contributed by atoms with E-state index in [4.69, 9.17) is 18.0 Å². The second-order valence-corrected chi connectivity index (χ2v) is 4.57. The number of nitrogens with zero attached hydrogens (tertiary/aromatic N) is 2. The maximum atomic E-state index is 5.74. The Kier molecular flexibility index (Phi) is 3.58. The number of hydrogen-bond donors (Lipinski definition) is 1. The molecule has 0 saturated carbocycles. The van der Waals surface area contributed by atoms with E-state index in [1.165, 1.54) is 5.56 Å². The van der Waals surface area contributed by atoms with Gasteiger partial charge in [0.05, 0.1) is 5.69 Å². The van der Waals surface area contributed by atoms with Crippen molar-refractivity contribution >= 4 is 28.7 Å². The molecule has 4 heteroatoms. The molecule has 0 amide bonds. The van der Waals surface area contributed by atoms with E-state index in [0.717, 1.165) is 17.1 Å². The fourth-order valence-corrected chi connectivity index (χ4v) is 1.97. The van der Waals surface area contributed by atoms with Crippen LogP contribution >= 0.6 is 12.2 Å². The predicted molar refractivity (Wildman–Crippen MR) is 79.4 cm³/mol. The lowest BCUT2D eigenvalue weighted by Crippen LogP contribution is -2.18. The molecular weight excluding hydrogens is 242 g/mol. The summed E-state index contributed by atoms with van der Waals surface area (Å²) in [4.78, 5) is 6.74. The highest BCUT2D eigenvalue weighted by molar-refractivity contribution is 7.80. The van der Waals surface area contributed by atoms with Crippen LogP contribution in [-0.2, 0) is 0 Å².